The second-order valence-electron chi connectivity index (χ2n) is 4.68. The van der Waals surface area contributed by atoms with Gasteiger partial charge in [-0.15, -0.1) is 0 Å². The van der Waals surface area contributed by atoms with E-state index in [2.05, 4.69) is 20.4 Å². The summed E-state index contributed by atoms with van der Waals surface area (Å²) in [6.07, 6.45) is 1.31. The van der Waals surface area contributed by atoms with Crippen molar-refractivity contribution in [2.45, 2.75) is 13.0 Å². The molecule has 8 nitrogen and oxygen atoms in total. The highest BCUT2D eigenvalue weighted by Crippen LogP contribution is 2.17. The average molecular weight is 300 g/mol. The molecule has 112 valence electrons. The van der Waals surface area contributed by atoms with Gasteiger partial charge in [0.25, 0.3) is 5.56 Å². The maximum Gasteiger partial charge on any atom is 0.325 e. The molecule has 3 aromatic rings. The van der Waals surface area contributed by atoms with Crippen LogP contribution in [-0.2, 0) is 17.8 Å². The number of fused-ring (bicyclic) bond motifs is 1. The van der Waals surface area contributed by atoms with Gasteiger partial charge in [-0.25, -0.2) is 4.79 Å². The Morgan fingerprint density at radius 2 is 2.09 bits per heavy atom. The van der Waals surface area contributed by atoms with Gasteiger partial charge in [0.05, 0.1) is 12.0 Å². The molecule has 8 heteroatoms. The smallest absolute Gasteiger partial charge is 0.325 e. The third-order valence-corrected chi connectivity index (χ3v) is 3.15. The average Bonchev–Trinajstić information content (AvgIpc) is 2.90. The predicted octanol–water partition coefficient (Wildman–Crippen LogP) is 0.0633. The third-order valence-electron chi connectivity index (χ3n) is 3.15. The molecule has 2 aromatic heterocycles. The summed E-state index contributed by atoms with van der Waals surface area (Å²) in [6.45, 7) is 0.0146. The number of carbonyl (C=O) groups is 1. The van der Waals surface area contributed by atoms with Crippen LogP contribution < -0.4 is 16.6 Å². The zero-order chi connectivity index (χ0) is 15.5. The van der Waals surface area contributed by atoms with Crippen LogP contribution in [0.3, 0.4) is 0 Å². The summed E-state index contributed by atoms with van der Waals surface area (Å²) >= 11 is 0. The second-order valence-corrected chi connectivity index (χ2v) is 4.68. The fourth-order valence-electron chi connectivity index (χ4n) is 2.04. The van der Waals surface area contributed by atoms with E-state index in [4.69, 9.17) is 4.52 Å². The number of H-pyrrole nitrogens is 2. The van der Waals surface area contributed by atoms with Crippen molar-refractivity contribution < 1.29 is 9.32 Å². The number of rotatable bonds is 4. The van der Waals surface area contributed by atoms with Gasteiger partial charge in [-0.2, -0.15) is 0 Å². The first kappa shape index (κ1) is 13.8. The van der Waals surface area contributed by atoms with Crippen molar-refractivity contribution in [2.75, 3.05) is 0 Å². The van der Waals surface area contributed by atoms with Crippen molar-refractivity contribution in [2.24, 2.45) is 0 Å². The van der Waals surface area contributed by atoms with E-state index in [9.17, 15) is 14.4 Å². The number of benzene rings is 1. The molecule has 0 saturated carbocycles. The maximum atomic E-state index is 11.9. The lowest BCUT2D eigenvalue weighted by Crippen LogP contribution is -2.31. The summed E-state index contributed by atoms with van der Waals surface area (Å²) in [5.74, 6) is -0.301. The van der Waals surface area contributed by atoms with Gasteiger partial charge in [-0.05, 0) is 12.1 Å². The van der Waals surface area contributed by atoms with E-state index in [1.54, 1.807) is 6.07 Å². The maximum absolute atomic E-state index is 11.9. The van der Waals surface area contributed by atoms with Gasteiger partial charge in [-0.3, -0.25) is 14.6 Å². The highest BCUT2D eigenvalue weighted by molar-refractivity contribution is 5.86. The SMILES string of the molecule is O=C(Cc1noc2ccccc12)NCc1c[nH]c(=O)[nH]c1=O. The van der Waals surface area contributed by atoms with E-state index in [-0.39, 0.29) is 24.4 Å². The quantitative estimate of drug-likeness (QED) is 0.629. The molecule has 1 amide bonds. The molecule has 0 saturated heterocycles. The zero-order valence-electron chi connectivity index (χ0n) is 11.4. The van der Waals surface area contributed by atoms with Crippen LogP contribution in [0.25, 0.3) is 11.0 Å². The molecule has 0 fully saturated rings. The predicted molar refractivity (Wildman–Crippen MR) is 77.2 cm³/mol. The third kappa shape index (κ3) is 2.80. The summed E-state index contributed by atoms with van der Waals surface area (Å²) in [7, 11) is 0. The highest BCUT2D eigenvalue weighted by atomic mass is 16.5. The van der Waals surface area contributed by atoms with Crippen LogP contribution in [0.1, 0.15) is 11.3 Å². The van der Waals surface area contributed by atoms with Crippen molar-refractivity contribution in [3.63, 3.8) is 0 Å². The van der Waals surface area contributed by atoms with Crippen LogP contribution in [0.4, 0.5) is 0 Å². The number of carbonyl (C=O) groups excluding carboxylic acids is 1. The molecule has 0 bridgehead atoms. The first-order valence-electron chi connectivity index (χ1n) is 6.54. The van der Waals surface area contributed by atoms with Gasteiger partial charge in [0.15, 0.2) is 5.58 Å². The van der Waals surface area contributed by atoms with Gasteiger partial charge < -0.3 is 14.8 Å². The molecule has 0 radical (unpaired) electrons. The van der Waals surface area contributed by atoms with Crippen LogP contribution in [0.2, 0.25) is 0 Å². The molecule has 0 unspecified atom stereocenters. The number of nitrogens with one attached hydrogen (secondary N) is 3. The number of hydrogen-bond donors (Lipinski definition) is 3. The number of aromatic amines is 2. The van der Waals surface area contributed by atoms with E-state index in [1.807, 2.05) is 18.2 Å². The molecule has 3 rings (SSSR count). The molecule has 0 aliphatic heterocycles. The Balaban J connectivity index is 1.68. The molecule has 0 atom stereocenters. The monoisotopic (exact) mass is 300 g/mol. The first-order valence-corrected chi connectivity index (χ1v) is 6.54. The molecule has 3 N–H and O–H groups in total. The Morgan fingerprint density at radius 1 is 1.27 bits per heavy atom. The molecule has 0 spiro atoms. The summed E-state index contributed by atoms with van der Waals surface area (Å²) < 4.78 is 5.12. The van der Waals surface area contributed by atoms with Crippen molar-refractivity contribution in [1.29, 1.82) is 0 Å². The largest absolute Gasteiger partial charge is 0.356 e. The van der Waals surface area contributed by atoms with E-state index in [0.717, 1.165) is 5.39 Å². The number of amides is 1. The Hall–Kier alpha value is -3.16. The van der Waals surface area contributed by atoms with E-state index < -0.39 is 11.2 Å². The minimum Gasteiger partial charge on any atom is -0.356 e. The summed E-state index contributed by atoms with van der Waals surface area (Å²) in [6, 6.07) is 7.24. The number of nitrogens with zero attached hydrogens (tertiary/aromatic N) is 1. The Kier molecular flexibility index (Phi) is 3.57. The molecular formula is C14H12N4O4. The molecule has 22 heavy (non-hydrogen) atoms. The molecule has 0 aliphatic carbocycles. The minimum atomic E-state index is -0.589. The van der Waals surface area contributed by atoms with Crippen molar-refractivity contribution in [3.8, 4) is 0 Å². The lowest BCUT2D eigenvalue weighted by Gasteiger charge is -2.03. The van der Waals surface area contributed by atoms with Crippen molar-refractivity contribution in [1.82, 2.24) is 20.4 Å². The summed E-state index contributed by atoms with van der Waals surface area (Å²) in [5.41, 5.74) is 0.286. The van der Waals surface area contributed by atoms with Gasteiger partial charge in [0, 0.05) is 18.1 Å². The van der Waals surface area contributed by atoms with Gasteiger partial charge >= 0.3 is 5.69 Å². The van der Waals surface area contributed by atoms with Crippen LogP contribution in [0, 0.1) is 0 Å². The Labute approximate surface area is 123 Å². The van der Waals surface area contributed by atoms with E-state index in [1.165, 1.54) is 6.20 Å². The van der Waals surface area contributed by atoms with Crippen molar-refractivity contribution in [3.05, 3.63) is 62.6 Å². The minimum absolute atomic E-state index is 0.0146. The van der Waals surface area contributed by atoms with Gasteiger partial charge in [0.2, 0.25) is 5.91 Å². The molecular weight excluding hydrogens is 288 g/mol. The molecule has 0 aliphatic rings. The van der Waals surface area contributed by atoms with Crippen LogP contribution >= 0.6 is 0 Å². The second kappa shape index (κ2) is 5.68. The van der Waals surface area contributed by atoms with Crippen molar-refractivity contribution >= 4 is 16.9 Å². The van der Waals surface area contributed by atoms with Gasteiger partial charge in [-0.1, -0.05) is 17.3 Å². The number of para-hydroxylation sites is 1. The Morgan fingerprint density at radius 3 is 2.91 bits per heavy atom. The summed E-state index contributed by atoms with van der Waals surface area (Å²) in [5, 5.41) is 7.25. The lowest BCUT2D eigenvalue weighted by atomic mass is 10.1. The number of aromatic nitrogens is 3. The Bertz CT molecular complexity index is 937. The van der Waals surface area contributed by atoms with Crippen LogP contribution in [0.5, 0.6) is 0 Å². The molecule has 1 aromatic carbocycles. The lowest BCUT2D eigenvalue weighted by molar-refractivity contribution is -0.120. The summed E-state index contributed by atoms with van der Waals surface area (Å²) in [4.78, 5) is 38.7. The van der Waals surface area contributed by atoms with Crippen LogP contribution in [0.15, 0.2) is 44.6 Å². The van der Waals surface area contributed by atoms with Gasteiger partial charge in [0.1, 0.15) is 5.69 Å². The topological polar surface area (TPSA) is 121 Å². The van der Waals surface area contributed by atoms with E-state index >= 15 is 0 Å². The van der Waals surface area contributed by atoms with Crippen LogP contribution in [-0.4, -0.2) is 21.0 Å². The number of hydrogen-bond acceptors (Lipinski definition) is 5. The fourth-order valence-corrected chi connectivity index (χ4v) is 2.04. The zero-order valence-corrected chi connectivity index (χ0v) is 11.4. The highest BCUT2D eigenvalue weighted by Gasteiger charge is 2.12. The fraction of sp³-hybridized carbons (Fsp3) is 0.143. The first-order chi connectivity index (χ1) is 10.6. The standard InChI is InChI=1S/C14H12N4O4/c19-12(15-6-8-7-16-14(21)17-13(8)20)5-10-9-3-1-2-4-11(9)22-18-10/h1-4,7H,5-6H2,(H,15,19)(H2,16,17,20,21). The normalized spacial score (nSPS) is 10.7. The molecule has 2 heterocycles. The van der Waals surface area contributed by atoms with E-state index in [0.29, 0.717) is 11.3 Å².